The average Bonchev–Trinajstić information content (AvgIpc) is 3.20. The Labute approximate surface area is 319 Å². The van der Waals surface area contributed by atoms with Crippen molar-refractivity contribution >= 4 is 32.9 Å². The monoisotopic (exact) mass is 741 g/mol. The Morgan fingerprint density at radius 3 is 1.59 bits per heavy atom. The van der Waals surface area contributed by atoms with Crippen molar-refractivity contribution in [2.75, 3.05) is 42.4 Å². The first kappa shape index (κ1) is 38.0. The smallest absolute Gasteiger partial charge is 0.294 e. The van der Waals surface area contributed by atoms with E-state index >= 15 is 0 Å². The molecule has 2 N–H and O–H groups in total. The zero-order valence-corrected chi connectivity index (χ0v) is 32.0. The Hall–Kier alpha value is -5.77. The fourth-order valence-corrected chi connectivity index (χ4v) is 7.59. The van der Waals surface area contributed by atoms with Crippen molar-refractivity contribution in [2.45, 2.75) is 37.8 Å². The number of nitrogens with one attached hydrogen (secondary N) is 1. The Bertz CT molecular complexity index is 2140. The summed E-state index contributed by atoms with van der Waals surface area (Å²) in [6.07, 6.45) is 0. The first-order chi connectivity index (χ1) is 26.2. The van der Waals surface area contributed by atoms with E-state index in [1.54, 1.807) is 38.5 Å². The molecule has 0 bridgehead atoms. The van der Waals surface area contributed by atoms with Gasteiger partial charge in [-0.15, -0.1) is 0 Å². The van der Waals surface area contributed by atoms with Crippen LogP contribution < -0.4 is 24.6 Å². The van der Waals surface area contributed by atoms with Crippen LogP contribution in [0.3, 0.4) is 0 Å². The molecule has 0 aliphatic heterocycles. The maximum absolute atomic E-state index is 13.2. The third kappa shape index (κ3) is 9.05. The van der Waals surface area contributed by atoms with Crippen LogP contribution in [0.1, 0.15) is 47.6 Å². The van der Waals surface area contributed by atoms with Gasteiger partial charge in [0.2, 0.25) is 0 Å². The zero-order valence-electron chi connectivity index (χ0n) is 31.1. The molecule has 278 valence electrons. The molecular formula is C45H47N3O5S. The normalized spacial score (nSPS) is 11.3. The van der Waals surface area contributed by atoms with Crippen molar-refractivity contribution in [3.8, 4) is 11.5 Å². The van der Waals surface area contributed by atoms with Gasteiger partial charge in [-0.05, 0) is 90.2 Å². The maximum Gasteiger partial charge on any atom is 0.294 e. The summed E-state index contributed by atoms with van der Waals surface area (Å²) in [4.78, 5) is 4.41. The highest BCUT2D eigenvalue weighted by atomic mass is 32.2. The van der Waals surface area contributed by atoms with Gasteiger partial charge in [-0.2, -0.15) is 8.42 Å². The number of hydrogen-bond acceptors (Lipinski definition) is 7. The van der Waals surface area contributed by atoms with Crippen LogP contribution in [-0.2, 0) is 23.2 Å². The second-order valence-electron chi connectivity index (χ2n) is 13.0. The number of hydrogen-bond donors (Lipinski definition) is 2. The number of anilines is 4. The molecule has 0 aliphatic rings. The molecule has 54 heavy (non-hydrogen) atoms. The third-order valence-electron chi connectivity index (χ3n) is 9.67. The van der Waals surface area contributed by atoms with Crippen molar-refractivity contribution in [1.82, 2.24) is 0 Å². The molecule has 0 radical (unpaired) electrons. The van der Waals surface area contributed by atoms with E-state index in [1.165, 1.54) is 17.2 Å². The van der Waals surface area contributed by atoms with E-state index in [2.05, 4.69) is 102 Å². The Morgan fingerprint density at radius 1 is 0.630 bits per heavy atom. The van der Waals surface area contributed by atoms with Gasteiger partial charge >= 0.3 is 0 Å². The van der Waals surface area contributed by atoms with Gasteiger partial charge in [-0.25, -0.2) is 0 Å². The highest BCUT2D eigenvalue weighted by Crippen LogP contribution is 2.40. The molecule has 6 rings (SSSR count). The molecule has 0 heterocycles. The Kier molecular flexibility index (Phi) is 12.2. The summed E-state index contributed by atoms with van der Waals surface area (Å²) >= 11 is 0. The summed E-state index contributed by atoms with van der Waals surface area (Å²) < 4.78 is 48.1. The van der Waals surface area contributed by atoms with Crippen LogP contribution >= 0.6 is 0 Å². The van der Waals surface area contributed by atoms with E-state index in [0.717, 1.165) is 48.7 Å². The first-order valence-corrected chi connectivity index (χ1v) is 19.5. The molecule has 6 aromatic rings. The van der Waals surface area contributed by atoms with Crippen LogP contribution in [0.5, 0.6) is 11.5 Å². The SMILES string of the molecule is CCN(Cc1ccccc1)c1ccc(C(c2ccc(N(CC)Cc3ccccc3)cc2)c2ccc(Nc3cc(OC)ccc3OC)cc2S(=O)(=O)O)cc1. The van der Waals surface area contributed by atoms with Crippen molar-refractivity contribution in [3.63, 3.8) is 0 Å². The van der Waals surface area contributed by atoms with Gasteiger partial charge in [0.15, 0.2) is 0 Å². The molecule has 0 saturated heterocycles. The number of nitrogens with zero attached hydrogens (tertiary/aromatic N) is 2. The molecular weight excluding hydrogens is 695 g/mol. The second-order valence-corrected chi connectivity index (χ2v) is 14.4. The van der Waals surface area contributed by atoms with Crippen molar-refractivity contribution in [2.24, 2.45) is 0 Å². The Balaban J connectivity index is 1.41. The molecule has 0 fully saturated rings. The van der Waals surface area contributed by atoms with Crippen molar-refractivity contribution < 1.29 is 22.4 Å². The minimum atomic E-state index is -4.67. The number of rotatable bonds is 16. The summed E-state index contributed by atoms with van der Waals surface area (Å²) in [6, 6.07) is 47.6. The Morgan fingerprint density at radius 2 is 1.15 bits per heavy atom. The highest BCUT2D eigenvalue weighted by molar-refractivity contribution is 7.85. The lowest BCUT2D eigenvalue weighted by molar-refractivity contribution is 0.405. The van der Waals surface area contributed by atoms with Crippen LogP contribution in [-0.4, -0.2) is 40.3 Å². The van der Waals surface area contributed by atoms with E-state index in [-0.39, 0.29) is 4.90 Å². The second kappa shape index (κ2) is 17.4. The van der Waals surface area contributed by atoms with Gasteiger partial charge in [0.05, 0.1) is 19.9 Å². The third-order valence-corrected chi connectivity index (χ3v) is 10.6. The lowest BCUT2D eigenvalue weighted by Crippen LogP contribution is -2.22. The largest absolute Gasteiger partial charge is 0.497 e. The van der Waals surface area contributed by atoms with Crippen molar-refractivity contribution in [3.05, 3.63) is 173 Å². The van der Waals surface area contributed by atoms with E-state index < -0.39 is 16.0 Å². The van der Waals surface area contributed by atoms with Crippen LogP contribution in [0.25, 0.3) is 0 Å². The quantitative estimate of drug-likeness (QED) is 0.0749. The molecule has 0 amide bonds. The van der Waals surface area contributed by atoms with Crippen LogP contribution in [0, 0.1) is 0 Å². The van der Waals surface area contributed by atoms with Gasteiger partial charge in [-0.3, -0.25) is 4.55 Å². The molecule has 6 aromatic carbocycles. The minimum absolute atomic E-state index is 0.189. The average molecular weight is 742 g/mol. The van der Waals surface area contributed by atoms with Crippen LogP contribution in [0.15, 0.2) is 150 Å². The first-order valence-electron chi connectivity index (χ1n) is 18.1. The van der Waals surface area contributed by atoms with E-state index in [4.69, 9.17) is 9.47 Å². The topological polar surface area (TPSA) is 91.3 Å². The highest BCUT2D eigenvalue weighted by Gasteiger charge is 2.26. The van der Waals surface area contributed by atoms with Crippen LogP contribution in [0.2, 0.25) is 0 Å². The minimum Gasteiger partial charge on any atom is -0.497 e. The predicted octanol–water partition coefficient (Wildman–Crippen LogP) is 9.93. The number of ether oxygens (including phenoxy) is 2. The van der Waals surface area contributed by atoms with Gasteiger partial charge in [0.25, 0.3) is 10.1 Å². The summed E-state index contributed by atoms with van der Waals surface area (Å²) in [6.45, 7) is 7.42. The molecule has 0 spiro atoms. The van der Waals surface area contributed by atoms with Crippen LogP contribution in [0.4, 0.5) is 22.7 Å². The summed E-state index contributed by atoms with van der Waals surface area (Å²) in [5, 5.41) is 3.26. The fraction of sp³-hybridized carbons (Fsp3) is 0.200. The molecule has 0 saturated carbocycles. The van der Waals surface area contributed by atoms with E-state index in [0.29, 0.717) is 28.4 Å². The lowest BCUT2D eigenvalue weighted by atomic mass is 9.84. The lowest BCUT2D eigenvalue weighted by Gasteiger charge is -2.27. The molecule has 8 nitrogen and oxygen atoms in total. The van der Waals surface area contributed by atoms with Crippen molar-refractivity contribution in [1.29, 1.82) is 0 Å². The number of benzene rings is 6. The standard InChI is InChI=1S/C45H47N3O5S/c1-5-47(31-33-13-9-7-10-14-33)38-22-17-35(18-23-38)45(36-19-24-39(25-20-36)48(6-2)32-34-15-11-8-12-16-34)41-27-21-37(29-44(41)54(49,50)51)46-42-30-40(52-3)26-28-43(42)53-4/h7-30,45-46H,5-6,31-32H2,1-4H3,(H,49,50,51). The fourth-order valence-electron chi connectivity index (χ4n) is 6.83. The molecule has 0 atom stereocenters. The number of methoxy groups -OCH3 is 2. The zero-order chi connectivity index (χ0) is 38.1. The van der Waals surface area contributed by atoms with Gasteiger partial charge in [0.1, 0.15) is 16.4 Å². The summed E-state index contributed by atoms with van der Waals surface area (Å²) in [5.41, 5.74) is 7.82. The van der Waals surface area contributed by atoms with E-state index in [1.807, 2.05) is 42.5 Å². The molecule has 9 heteroatoms. The molecule has 0 unspecified atom stereocenters. The maximum atomic E-state index is 13.2. The van der Waals surface area contributed by atoms with E-state index in [9.17, 15) is 13.0 Å². The van der Waals surface area contributed by atoms with Gasteiger partial charge in [-0.1, -0.05) is 91.0 Å². The summed E-state index contributed by atoms with van der Waals surface area (Å²) in [7, 11) is -1.54. The van der Waals surface area contributed by atoms with Gasteiger partial charge in [0, 0.05) is 55.2 Å². The molecule has 0 aromatic heterocycles. The molecule has 0 aliphatic carbocycles. The summed E-state index contributed by atoms with van der Waals surface area (Å²) in [5.74, 6) is 0.639. The van der Waals surface area contributed by atoms with Gasteiger partial charge < -0.3 is 24.6 Å². The predicted molar refractivity (Wildman–Crippen MR) is 219 cm³/mol.